The zero-order valence-corrected chi connectivity index (χ0v) is 8.88. The number of carbonyl (C=O) groups excluding carboxylic acids is 1. The highest BCUT2D eigenvalue weighted by Crippen LogP contribution is 2.23. The van der Waals surface area contributed by atoms with E-state index in [1.807, 2.05) is 12.1 Å². The van der Waals surface area contributed by atoms with Gasteiger partial charge < -0.3 is 9.53 Å². The molecule has 0 atom stereocenters. The maximum Gasteiger partial charge on any atom is 0.122 e. The smallest absolute Gasteiger partial charge is 0.122 e. The van der Waals surface area contributed by atoms with E-state index in [0.717, 1.165) is 30.4 Å². The largest absolute Gasteiger partial charge is 0.496 e. The van der Waals surface area contributed by atoms with Gasteiger partial charge in [-0.05, 0) is 36.6 Å². The Labute approximate surface area is 88.8 Å². The van der Waals surface area contributed by atoms with Gasteiger partial charge in [-0.15, -0.1) is 0 Å². The normalized spacial score (nSPS) is 9.86. The van der Waals surface area contributed by atoms with Gasteiger partial charge in [-0.1, -0.05) is 11.6 Å². The molecule has 14 heavy (non-hydrogen) atoms. The summed E-state index contributed by atoms with van der Waals surface area (Å²) < 4.78 is 5.18. The summed E-state index contributed by atoms with van der Waals surface area (Å²) in [6.07, 6.45) is 3.16. The van der Waals surface area contributed by atoms with E-state index >= 15 is 0 Å². The highest BCUT2D eigenvalue weighted by molar-refractivity contribution is 6.30. The quantitative estimate of drug-likeness (QED) is 0.554. The molecule has 2 nitrogen and oxygen atoms in total. The van der Waals surface area contributed by atoms with Crippen LogP contribution in [0.25, 0.3) is 0 Å². The molecule has 76 valence electrons. The highest BCUT2D eigenvalue weighted by Gasteiger charge is 2.02. The molecule has 0 heterocycles. The minimum atomic E-state index is 0.579. The van der Waals surface area contributed by atoms with Crippen LogP contribution < -0.4 is 4.74 Å². The van der Waals surface area contributed by atoms with Crippen molar-refractivity contribution in [1.29, 1.82) is 0 Å². The molecular formula is C11H13ClO2. The number of ether oxygens (including phenoxy) is 1. The van der Waals surface area contributed by atoms with Crippen LogP contribution in [0.3, 0.4) is 0 Å². The Morgan fingerprint density at radius 2 is 2.29 bits per heavy atom. The van der Waals surface area contributed by atoms with Crippen molar-refractivity contribution in [3.05, 3.63) is 28.8 Å². The number of unbranched alkanes of at least 4 members (excludes halogenated alkanes) is 1. The number of rotatable bonds is 5. The van der Waals surface area contributed by atoms with Gasteiger partial charge >= 0.3 is 0 Å². The molecule has 0 amide bonds. The monoisotopic (exact) mass is 212 g/mol. The van der Waals surface area contributed by atoms with Gasteiger partial charge in [-0.2, -0.15) is 0 Å². The number of aryl methyl sites for hydroxylation is 1. The summed E-state index contributed by atoms with van der Waals surface area (Å²) in [5.74, 6) is 0.834. The molecule has 0 aliphatic rings. The van der Waals surface area contributed by atoms with Gasteiger partial charge in [0.05, 0.1) is 7.11 Å². The predicted molar refractivity (Wildman–Crippen MR) is 57.0 cm³/mol. The number of aldehydes is 1. The fraction of sp³-hybridized carbons (Fsp3) is 0.364. The van der Waals surface area contributed by atoms with E-state index in [4.69, 9.17) is 16.3 Å². The maximum atomic E-state index is 10.2. The van der Waals surface area contributed by atoms with Gasteiger partial charge in [0.15, 0.2) is 0 Å². The molecule has 3 heteroatoms. The molecule has 0 aliphatic heterocycles. The standard InChI is InChI=1S/C11H13ClO2/c1-14-11-6-5-10(12)8-9(11)4-2-3-7-13/h5-8H,2-4H2,1H3. The van der Waals surface area contributed by atoms with E-state index in [1.165, 1.54) is 0 Å². The summed E-state index contributed by atoms with van der Waals surface area (Å²) in [4.78, 5) is 10.2. The van der Waals surface area contributed by atoms with Gasteiger partial charge in [-0.25, -0.2) is 0 Å². The molecule has 0 aromatic heterocycles. The summed E-state index contributed by atoms with van der Waals surface area (Å²) >= 11 is 5.86. The van der Waals surface area contributed by atoms with Gasteiger partial charge in [-0.3, -0.25) is 0 Å². The molecule has 0 N–H and O–H groups in total. The second-order valence-corrected chi connectivity index (χ2v) is 3.45. The fourth-order valence-electron chi connectivity index (χ4n) is 1.32. The topological polar surface area (TPSA) is 26.3 Å². The first-order valence-electron chi connectivity index (χ1n) is 4.54. The van der Waals surface area contributed by atoms with Crippen molar-refractivity contribution in [3.63, 3.8) is 0 Å². The molecule has 0 bridgehead atoms. The molecule has 1 rings (SSSR count). The third-order valence-electron chi connectivity index (χ3n) is 2.01. The van der Waals surface area contributed by atoms with Crippen molar-refractivity contribution < 1.29 is 9.53 Å². The number of carbonyl (C=O) groups is 1. The number of benzene rings is 1. The molecule has 0 radical (unpaired) electrons. The molecule has 0 saturated heterocycles. The third-order valence-corrected chi connectivity index (χ3v) is 2.25. The van der Waals surface area contributed by atoms with Crippen molar-refractivity contribution in [3.8, 4) is 5.75 Å². The van der Waals surface area contributed by atoms with Crippen molar-refractivity contribution in [2.24, 2.45) is 0 Å². The Morgan fingerprint density at radius 1 is 1.50 bits per heavy atom. The van der Waals surface area contributed by atoms with E-state index in [2.05, 4.69) is 0 Å². The Morgan fingerprint density at radius 3 is 2.93 bits per heavy atom. The van der Waals surface area contributed by atoms with Crippen LogP contribution >= 0.6 is 11.6 Å². The second-order valence-electron chi connectivity index (χ2n) is 3.02. The molecule has 1 aromatic carbocycles. The fourth-order valence-corrected chi connectivity index (χ4v) is 1.51. The lowest BCUT2D eigenvalue weighted by atomic mass is 10.1. The third kappa shape index (κ3) is 3.04. The number of hydrogen-bond acceptors (Lipinski definition) is 2. The predicted octanol–water partition coefficient (Wildman–Crippen LogP) is 2.87. The Bertz CT molecular complexity index is 310. The van der Waals surface area contributed by atoms with Gasteiger partial charge in [0.25, 0.3) is 0 Å². The zero-order valence-electron chi connectivity index (χ0n) is 8.13. The number of methoxy groups -OCH3 is 1. The summed E-state index contributed by atoms with van der Waals surface area (Å²) in [5, 5.41) is 0.701. The van der Waals surface area contributed by atoms with Gasteiger partial charge in [0.1, 0.15) is 12.0 Å². The minimum absolute atomic E-state index is 0.579. The van der Waals surface area contributed by atoms with E-state index in [-0.39, 0.29) is 0 Å². The number of halogens is 1. The van der Waals surface area contributed by atoms with Crippen LogP contribution in [-0.2, 0) is 11.2 Å². The highest BCUT2D eigenvalue weighted by atomic mass is 35.5. The van der Waals surface area contributed by atoms with Crippen LogP contribution in [0.4, 0.5) is 0 Å². The zero-order chi connectivity index (χ0) is 10.4. The summed E-state index contributed by atoms with van der Waals surface area (Å²) in [6, 6.07) is 5.52. The van der Waals surface area contributed by atoms with E-state index in [1.54, 1.807) is 13.2 Å². The average Bonchev–Trinajstić information content (AvgIpc) is 2.19. The van der Waals surface area contributed by atoms with Crippen LogP contribution in [0, 0.1) is 0 Å². The molecule has 0 fully saturated rings. The Balaban J connectivity index is 2.71. The molecular weight excluding hydrogens is 200 g/mol. The van der Waals surface area contributed by atoms with Crippen LogP contribution in [0.15, 0.2) is 18.2 Å². The average molecular weight is 213 g/mol. The van der Waals surface area contributed by atoms with Crippen LogP contribution in [0.5, 0.6) is 5.75 Å². The first-order chi connectivity index (χ1) is 6.77. The molecule has 0 spiro atoms. The maximum absolute atomic E-state index is 10.2. The summed E-state index contributed by atoms with van der Waals surface area (Å²) in [7, 11) is 1.63. The van der Waals surface area contributed by atoms with Crippen molar-refractivity contribution >= 4 is 17.9 Å². The number of hydrogen-bond donors (Lipinski definition) is 0. The van der Waals surface area contributed by atoms with Crippen LogP contribution in [0.1, 0.15) is 18.4 Å². The lowest BCUT2D eigenvalue weighted by molar-refractivity contribution is -0.107. The lowest BCUT2D eigenvalue weighted by Gasteiger charge is -2.07. The molecule has 1 aromatic rings. The van der Waals surface area contributed by atoms with Crippen molar-refractivity contribution in [2.75, 3.05) is 7.11 Å². The van der Waals surface area contributed by atoms with Crippen LogP contribution in [0.2, 0.25) is 5.02 Å². The van der Waals surface area contributed by atoms with E-state index in [0.29, 0.717) is 11.4 Å². The summed E-state index contributed by atoms with van der Waals surface area (Å²) in [6.45, 7) is 0. The molecule has 0 unspecified atom stereocenters. The lowest BCUT2D eigenvalue weighted by Crippen LogP contribution is -1.92. The van der Waals surface area contributed by atoms with Crippen molar-refractivity contribution in [2.45, 2.75) is 19.3 Å². The first-order valence-corrected chi connectivity index (χ1v) is 4.91. The first kappa shape index (κ1) is 11.1. The van der Waals surface area contributed by atoms with Gasteiger partial charge in [0.2, 0.25) is 0 Å². The summed E-state index contributed by atoms with van der Waals surface area (Å²) in [5.41, 5.74) is 1.06. The SMILES string of the molecule is COc1ccc(Cl)cc1CCCC=O. The second kappa shape index (κ2) is 5.66. The van der Waals surface area contributed by atoms with Gasteiger partial charge in [0, 0.05) is 11.4 Å². The van der Waals surface area contributed by atoms with Crippen molar-refractivity contribution in [1.82, 2.24) is 0 Å². The molecule has 0 aliphatic carbocycles. The van der Waals surface area contributed by atoms with E-state index in [9.17, 15) is 4.79 Å². The van der Waals surface area contributed by atoms with Crippen LogP contribution in [-0.4, -0.2) is 13.4 Å². The Kier molecular flexibility index (Phi) is 4.47. The van der Waals surface area contributed by atoms with E-state index < -0.39 is 0 Å². The Hall–Kier alpha value is -1.02. The minimum Gasteiger partial charge on any atom is -0.496 e. The molecule has 0 saturated carbocycles.